The Morgan fingerprint density at radius 3 is 2.36 bits per heavy atom. The number of rotatable bonds is 4. The highest BCUT2D eigenvalue weighted by atomic mass is 79.9. The van der Waals surface area contributed by atoms with Crippen LogP contribution >= 0.6 is 28.0 Å². The molecule has 0 aromatic carbocycles. The van der Waals surface area contributed by atoms with Crippen LogP contribution in [0.2, 0.25) is 0 Å². The van der Waals surface area contributed by atoms with Crippen molar-refractivity contribution in [1.29, 1.82) is 0 Å². The molecule has 0 aliphatic rings. The molecule has 4 nitrogen and oxygen atoms in total. The Bertz CT molecular complexity index is 215. The van der Waals surface area contributed by atoms with E-state index in [-0.39, 0.29) is 5.75 Å². The molecule has 0 fully saturated rings. The SMILES string of the molecule is CC(C)(CS(=O)(=O)OBr)NCl. The quantitative estimate of drug-likeness (QED) is 0.776. The van der Waals surface area contributed by atoms with E-state index in [1.807, 2.05) is 0 Å². The van der Waals surface area contributed by atoms with Crippen LogP contribution in [-0.2, 0) is 13.4 Å². The second-order valence-electron chi connectivity index (χ2n) is 2.74. The lowest BCUT2D eigenvalue weighted by Gasteiger charge is -2.19. The molecule has 0 saturated carbocycles. The van der Waals surface area contributed by atoms with Gasteiger partial charge in [-0.25, -0.2) is 4.84 Å². The third-order valence-corrected chi connectivity index (χ3v) is 3.88. The van der Waals surface area contributed by atoms with E-state index in [1.165, 1.54) is 0 Å². The minimum absolute atomic E-state index is 0.200. The Morgan fingerprint density at radius 1 is 1.64 bits per heavy atom. The van der Waals surface area contributed by atoms with Crippen molar-refractivity contribution in [1.82, 2.24) is 4.84 Å². The third kappa shape index (κ3) is 4.97. The van der Waals surface area contributed by atoms with E-state index in [0.29, 0.717) is 0 Å². The van der Waals surface area contributed by atoms with Gasteiger partial charge in [0.15, 0.2) is 0 Å². The van der Waals surface area contributed by atoms with E-state index in [9.17, 15) is 8.42 Å². The summed E-state index contributed by atoms with van der Waals surface area (Å²) < 4.78 is 25.7. The molecule has 1 N–H and O–H groups in total. The average molecular weight is 267 g/mol. The van der Waals surface area contributed by atoms with E-state index in [1.54, 1.807) is 13.8 Å². The Morgan fingerprint density at radius 2 is 2.09 bits per heavy atom. The number of halogens is 2. The maximum absolute atomic E-state index is 10.8. The number of hydrogen-bond donors (Lipinski definition) is 1. The first-order chi connectivity index (χ1) is 4.83. The van der Waals surface area contributed by atoms with Crippen LogP contribution in [0.4, 0.5) is 0 Å². The number of nitrogens with one attached hydrogen (secondary N) is 1. The fourth-order valence-corrected chi connectivity index (χ4v) is 1.92. The summed E-state index contributed by atoms with van der Waals surface area (Å²) in [5.41, 5.74) is -0.700. The predicted octanol–water partition coefficient (Wildman–Crippen LogP) is 1.16. The monoisotopic (exact) mass is 265 g/mol. The highest BCUT2D eigenvalue weighted by Gasteiger charge is 2.25. The topological polar surface area (TPSA) is 55.4 Å². The maximum Gasteiger partial charge on any atom is 0.279 e. The Kier molecular flexibility index (Phi) is 4.28. The molecule has 0 unspecified atom stereocenters. The normalized spacial score (nSPS) is 13.5. The first-order valence-corrected chi connectivity index (χ1v) is 5.34. The Balaban J connectivity index is 4.26. The van der Waals surface area contributed by atoms with Crippen LogP contribution in [0.25, 0.3) is 0 Å². The summed E-state index contributed by atoms with van der Waals surface area (Å²) in [6.07, 6.45) is 0. The van der Waals surface area contributed by atoms with Gasteiger partial charge in [0.1, 0.15) is 16.3 Å². The highest BCUT2D eigenvalue weighted by Crippen LogP contribution is 2.10. The fourth-order valence-electron chi connectivity index (χ4n) is 0.491. The molecule has 0 bridgehead atoms. The smallest absolute Gasteiger partial charge is 0.227 e. The zero-order chi connectivity index (χ0) is 9.12. The van der Waals surface area contributed by atoms with Crippen molar-refractivity contribution in [3.05, 3.63) is 0 Å². The molecular formula is C4H9BrClNO3S. The van der Waals surface area contributed by atoms with Gasteiger partial charge in [-0.1, -0.05) is 0 Å². The van der Waals surface area contributed by atoms with Crippen molar-refractivity contribution in [2.24, 2.45) is 0 Å². The third-order valence-electron chi connectivity index (χ3n) is 0.889. The molecule has 0 aromatic rings. The molecule has 0 aliphatic heterocycles. The lowest BCUT2D eigenvalue weighted by molar-refractivity contribution is 0.477. The average Bonchev–Trinajstić information content (AvgIpc) is 1.86. The molecule has 0 rings (SSSR count). The van der Waals surface area contributed by atoms with E-state index in [2.05, 4.69) is 24.4 Å². The molecular weight excluding hydrogens is 257 g/mol. The summed E-state index contributed by atoms with van der Waals surface area (Å²) in [6, 6.07) is 0. The molecule has 7 heteroatoms. The first kappa shape index (κ1) is 11.6. The van der Waals surface area contributed by atoms with Gasteiger partial charge in [0.25, 0.3) is 10.1 Å². The highest BCUT2D eigenvalue weighted by molar-refractivity contribution is 9.06. The van der Waals surface area contributed by atoms with Gasteiger partial charge in [0, 0.05) is 5.54 Å². The van der Waals surface area contributed by atoms with E-state index >= 15 is 0 Å². The molecule has 0 atom stereocenters. The van der Waals surface area contributed by atoms with Crippen molar-refractivity contribution >= 4 is 38.2 Å². The van der Waals surface area contributed by atoms with E-state index in [0.717, 1.165) is 0 Å². The van der Waals surface area contributed by atoms with Gasteiger partial charge in [0.2, 0.25) is 0 Å². The van der Waals surface area contributed by atoms with Gasteiger partial charge in [-0.15, -0.1) is 0 Å². The van der Waals surface area contributed by atoms with Crippen molar-refractivity contribution in [3.8, 4) is 0 Å². The largest absolute Gasteiger partial charge is 0.279 e. The minimum Gasteiger partial charge on any atom is -0.227 e. The van der Waals surface area contributed by atoms with Gasteiger partial charge in [-0.2, -0.15) is 11.7 Å². The molecule has 11 heavy (non-hydrogen) atoms. The van der Waals surface area contributed by atoms with Crippen LogP contribution in [0.15, 0.2) is 0 Å². The molecule has 0 aliphatic carbocycles. The van der Waals surface area contributed by atoms with Gasteiger partial charge in [0.05, 0.1) is 5.75 Å². The summed E-state index contributed by atoms with van der Waals surface area (Å²) in [5.74, 6) is -0.200. The van der Waals surface area contributed by atoms with Gasteiger partial charge < -0.3 is 0 Å². The lowest BCUT2D eigenvalue weighted by Crippen LogP contribution is -2.40. The van der Waals surface area contributed by atoms with Crippen molar-refractivity contribution in [2.45, 2.75) is 19.4 Å². The summed E-state index contributed by atoms with van der Waals surface area (Å²) in [7, 11) is -3.52. The van der Waals surface area contributed by atoms with Crippen molar-refractivity contribution < 1.29 is 11.7 Å². The Hall–Kier alpha value is 0.640. The molecule has 0 saturated heterocycles. The summed E-state index contributed by atoms with van der Waals surface area (Å²) in [4.78, 5) is 2.32. The minimum atomic E-state index is -3.52. The zero-order valence-corrected chi connectivity index (χ0v) is 9.25. The molecule has 0 heterocycles. The van der Waals surface area contributed by atoms with Gasteiger partial charge in [-0.3, -0.25) is 0 Å². The van der Waals surface area contributed by atoms with Crippen LogP contribution < -0.4 is 4.84 Å². The maximum atomic E-state index is 10.8. The van der Waals surface area contributed by atoms with Crippen molar-refractivity contribution in [2.75, 3.05) is 5.75 Å². The second kappa shape index (κ2) is 4.04. The van der Waals surface area contributed by atoms with Crippen LogP contribution in [-0.4, -0.2) is 19.7 Å². The second-order valence-corrected chi connectivity index (χ2v) is 5.26. The van der Waals surface area contributed by atoms with Crippen molar-refractivity contribution in [3.63, 3.8) is 0 Å². The molecule has 0 amide bonds. The predicted molar refractivity (Wildman–Crippen MR) is 46.9 cm³/mol. The van der Waals surface area contributed by atoms with E-state index < -0.39 is 15.7 Å². The van der Waals surface area contributed by atoms with Crippen LogP contribution in [0.3, 0.4) is 0 Å². The Labute approximate surface area is 79.9 Å². The number of hydrogen-bond acceptors (Lipinski definition) is 4. The van der Waals surface area contributed by atoms with Gasteiger partial charge >= 0.3 is 0 Å². The van der Waals surface area contributed by atoms with Crippen LogP contribution in [0.1, 0.15) is 13.8 Å². The molecule has 0 aromatic heterocycles. The summed E-state index contributed by atoms with van der Waals surface area (Å²) >= 11 is 7.66. The standard InChI is InChI=1S/C4H9BrClNO3S/c1-4(2,7-6)3-11(8,9)10-5/h7H,3H2,1-2H3. The molecule has 0 spiro atoms. The lowest BCUT2D eigenvalue weighted by atomic mass is 10.1. The van der Waals surface area contributed by atoms with Gasteiger partial charge in [-0.05, 0) is 25.6 Å². The summed E-state index contributed by atoms with van der Waals surface area (Å²) in [6.45, 7) is 3.28. The van der Waals surface area contributed by atoms with Crippen LogP contribution in [0, 0.1) is 0 Å². The molecule has 68 valence electrons. The summed E-state index contributed by atoms with van der Waals surface area (Å²) in [5, 5.41) is 0. The van der Waals surface area contributed by atoms with E-state index in [4.69, 9.17) is 11.8 Å². The zero-order valence-electron chi connectivity index (χ0n) is 6.10. The van der Waals surface area contributed by atoms with Crippen LogP contribution in [0.5, 0.6) is 0 Å². The fraction of sp³-hybridized carbons (Fsp3) is 1.00. The molecule has 0 radical (unpaired) electrons. The first-order valence-electron chi connectivity index (χ1n) is 2.74.